The monoisotopic (exact) mass is 315 g/mol. The van der Waals surface area contributed by atoms with E-state index in [9.17, 15) is 13.2 Å². The second-order valence-electron chi connectivity index (χ2n) is 4.66. The van der Waals surface area contributed by atoms with Gasteiger partial charge in [0.25, 0.3) is 0 Å². The van der Waals surface area contributed by atoms with Crippen LogP contribution in [0, 0.1) is 0 Å². The Bertz CT molecular complexity index is 554. The smallest absolute Gasteiger partial charge is 0.271 e. The van der Waals surface area contributed by atoms with Crippen LogP contribution in [0.2, 0.25) is 0 Å². The number of nitrogens with zero attached hydrogens (tertiary/aromatic N) is 1. The number of rotatable bonds is 6. The van der Waals surface area contributed by atoms with E-state index in [4.69, 9.17) is 5.84 Å². The van der Waals surface area contributed by atoms with Crippen molar-refractivity contribution in [3.05, 3.63) is 52.0 Å². The first-order valence-electron chi connectivity index (χ1n) is 6.53. The summed E-state index contributed by atoms with van der Waals surface area (Å²) in [6.07, 6.45) is -0.792. The van der Waals surface area contributed by atoms with E-state index >= 15 is 0 Å². The molecule has 7 heteroatoms. The molecule has 3 N–H and O–H groups in total. The normalized spacial score (nSPS) is 13.3. The van der Waals surface area contributed by atoms with Gasteiger partial charge in [-0.1, -0.05) is 30.3 Å². The maximum absolute atomic E-state index is 12.5. The molecule has 1 unspecified atom stereocenters. The van der Waals surface area contributed by atoms with Gasteiger partial charge in [-0.2, -0.15) is 13.2 Å². The van der Waals surface area contributed by atoms with E-state index in [1.54, 1.807) is 0 Å². The summed E-state index contributed by atoms with van der Waals surface area (Å²) >= 11 is 0.640. The summed E-state index contributed by atoms with van der Waals surface area (Å²) in [7, 11) is 0. The maximum atomic E-state index is 12.5. The van der Waals surface area contributed by atoms with Crippen molar-refractivity contribution in [2.45, 2.75) is 31.5 Å². The minimum Gasteiger partial charge on any atom is -0.271 e. The molecule has 0 spiro atoms. The molecule has 3 nitrogen and oxygen atoms in total. The lowest BCUT2D eigenvalue weighted by Gasteiger charge is -2.13. The van der Waals surface area contributed by atoms with Crippen molar-refractivity contribution < 1.29 is 13.2 Å². The number of halogens is 3. The quantitative estimate of drug-likeness (QED) is 0.631. The lowest BCUT2D eigenvalue weighted by molar-refractivity contribution is -0.137. The van der Waals surface area contributed by atoms with E-state index in [0.29, 0.717) is 22.6 Å². The van der Waals surface area contributed by atoms with Gasteiger partial charge in [0.05, 0.1) is 6.04 Å². The summed E-state index contributed by atoms with van der Waals surface area (Å²) in [5.41, 5.74) is 3.77. The van der Waals surface area contributed by atoms with Crippen molar-refractivity contribution in [1.29, 1.82) is 0 Å². The predicted octanol–water partition coefficient (Wildman–Crippen LogP) is 3.69. The Morgan fingerprint density at radius 1 is 1.24 bits per heavy atom. The Kier molecular flexibility index (Phi) is 5.33. The van der Waals surface area contributed by atoms with Crippen molar-refractivity contribution in [1.82, 2.24) is 10.4 Å². The highest BCUT2D eigenvalue weighted by Gasteiger charge is 2.35. The number of hydrogen-bond acceptors (Lipinski definition) is 4. The third-order valence-corrected chi connectivity index (χ3v) is 4.27. The van der Waals surface area contributed by atoms with Crippen LogP contribution in [0.4, 0.5) is 13.2 Å². The largest absolute Gasteiger partial charge is 0.443 e. The molecule has 114 valence electrons. The van der Waals surface area contributed by atoms with Crippen molar-refractivity contribution in [3.63, 3.8) is 0 Å². The molecule has 0 saturated heterocycles. The van der Waals surface area contributed by atoms with Crippen LogP contribution in [-0.2, 0) is 12.6 Å². The first kappa shape index (κ1) is 15.9. The van der Waals surface area contributed by atoms with Gasteiger partial charge >= 0.3 is 6.18 Å². The number of nitrogens with one attached hydrogen (secondary N) is 1. The zero-order chi connectivity index (χ0) is 15.3. The molecule has 2 rings (SSSR count). The van der Waals surface area contributed by atoms with E-state index in [1.807, 2.05) is 30.3 Å². The fraction of sp³-hybridized carbons (Fsp3) is 0.357. The number of aromatic nitrogens is 1. The highest BCUT2D eigenvalue weighted by atomic mass is 32.1. The van der Waals surface area contributed by atoms with Gasteiger partial charge in [-0.3, -0.25) is 11.3 Å². The van der Waals surface area contributed by atoms with E-state index in [1.165, 1.54) is 11.8 Å². The summed E-state index contributed by atoms with van der Waals surface area (Å²) in [4.78, 5) is 3.93. The second-order valence-corrected chi connectivity index (χ2v) is 5.72. The Morgan fingerprint density at radius 2 is 1.95 bits per heavy atom. The molecule has 1 atom stereocenters. The molecule has 0 bridgehead atoms. The van der Waals surface area contributed by atoms with Crippen LogP contribution in [-0.4, -0.2) is 4.98 Å². The highest BCUT2D eigenvalue weighted by Crippen LogP contribution is 2.35. The lowest BCUT2D eigenvalue weighted by Crippen LogP contribution is -2.27. The molecule has 1 aromatic heterocycles. The number of nitrogens with two attached hydrogens (primary N) is 1. The summed E-state index contributed by atoms with van der Waals surface area (Å²) in [5, 5.41) is -0.833. The topological polar surface area (TPSA) is 50.9 Å². The van der Waals surface area contributed by atoms with Crippen molar-refractivity contribution >= 4 is 11.3 Å². The minimum absolute atomic E-state index is 0.303. The van der Waals surface area contributed by atoms with Crippen molar-refractivity contribution in [3.8, 4) is 0 Å². The van der Waals surface area contributed by atoms with Crippen molar-refractivity contribution in [2.75, 3.05) is 0 Å². The Hall–Kier alpha value is -1.44. The van der Waals surface area contributed by atoms with Gasteiger partial charge in [0.15, 0.2) is 5.01 Å². The molecule has 1 heterocycles. The highest BCUT2D eigenvalue weighted by molar-refractivity contribution is 7.11. The Morgan fingerprint density at radius 3 is 2.52 bits per heavy atom. The van der Waals surface area contributed by atoms with Crippen LogP contribution in [0.3, 0.4) is 0 Å². The van der Waals surface area contributed by atoms with Gasteiger partial charge in [0.1, 0.15) is 0 Å². The predicted molar refractivity (Wildman–Crippen MR) is 76.6 cm³/mol. The number of hydrazine groups is 1. The van der Waals surface area contributed by atoms with Crippen molar-refractivity contribution in [2.24, 2.45) is 5.84 Å². The van der Waals surface area contributed by atoms with Gasteiger partial charge in [0.2, 0.25) is 0 Å². The average Bonchev–Trinajstić information content (AvgIpc) is 2.94. The molecule has 0 saturated carbocycles. The number of benzene rings is 1. The van der Waals surface area contributed by atoms with E-state index < -0.39 is 11.2 Å². The summed E-state index contributed by atoms with van der Waals surface area (Å²) in [5.74, 6) is 5.45. The third-order valence-electron chi connectivity index (χ3n) is 3.11. The van der Waals surface area contributed by atoms with E-state index in [0.717, 1.165) is 12.8 Å². The fourth-order valence-corrected chi connectivity index (χ4v) is 2.92. The Balaban J connectivity index is 1.92. The standard InChI is InChI=1S/C14H16F3N3S/c15-14(16,17)13-19-9-12(21-13)11(20-18)8-4-7-10-5-2-1-3-6-10/h1-3,5-6,9,11,20H,4,7-8,18H2. The molecule has 0 aliphatic rings. The zero-order valence-corrected chi connectivity index (χ0v) is 12.0. The van der Waals surface area contributed by atoms with E-state index in [2.05, 4.69) is 10.4 Å². The fourth-order valence-electron chi connectivity index (χ4n) is 2.04. The molecule has 0 amide bonds. The summed E-state index contributed by atoms with van der Waals surface area (Å²) in [6.45, 7) is 0. The molecular formula is C14H16F3N3S. The number of thiazole rings is 1. The van der Waals surface area contributed by atoms with Gasteiger partial charge < -0.3 is 0 Å². The minimum atomic E-state index is -4.40. The molecule has 21 heavy (non-hydrogen) atoms. The van der Waals surface area contributed by atoms with E-state index in [-0.39, 0.29) is 6.04 Å². The second kappa shape index (κ2) is 7.02. The first-order chi connectivity index (χ1) is 10.0. The molecule has 0 fully saturated rings. The maximum Gasteiger partial charge on any atom is 0.443 e. The van der Waals surface area contributed by atoms with Crippen LogP contribution < -0.4 is 11.3 Å². The molecular weight excluding hydrogens is 299 g/mol. The van der Waals surface area contributed by atoms with Crippen LogP contribution in [0.25, 0.3) is 0 Å². The number of aryl methyl sites for hydroxylation is 1. The molecule has 0 aliphatic heterocycles. The van der Waals surface area contributed by atoms with Gasteiger partial charge in [-0.25, -0.2) is 4.98 Å². The van der Waals surface area contributed by atoms with Crippen LogP contribution >= 0.6 is 11.3 Å². The SMILES string of the molecule is NNC(CCCc1ccccc1)c1cnc(C(F)(F)F)s1. The zero-order valence-electron chi connectivity index (χ0n) is 11.2. The molecule has 1 aromatic carbocycles. The first-order valence-corrected chi connectivity index (χ1v) is 7.35. The molecule has 0 radical (unpaired) electrons. The van der Waals surface area contributed by atoms with Gasteiger partial charge in [-0.15, -0.1) is 11.3 Å². The summed E-state index contributed by atoms with van der Waals surface area (Å²) in [6, 6.07) is 9.63. The van der Waals surface area contributed by atoms with Crippen LogP contribution in [0.5, 0.6) is 0 Å². The lowest BCUT2D eigenvalue weighted by atomic mass is 10.0. The summed E-state index contributed by atoms with van der Waals surface area (Å²) < 4.78 is 37.6. The van der Waals surface area contributed by atoms with Crippen LogP contribution in [0.1, 0.15) is 34.3 Å². The van der Waals surface area contributed by atoms with Crippen LogP contribution in [0.15, 0.2) is 36.5 Å². The average molecular weight is 315 g/mol. The van der Waals surface area contributed by atoms with Gasteiger partial charge in [0, 0.05) is 11.1 Å². The number of alkyl halides is 3. The number of hydrogen-bond donors (Lipinski definition) is 2. The molecule has 2 aromatic rings. The third kappa shape index (κ3) is 4.52. The Labute approximate surface area is 125 Å². The molecule has 0 aliphatic carbocycles. The van der Waals surface area contributed by atoms with Gasteiger partial charge in [-0.05, 0) is 24.8 Å².